The molecule has 0 saturated carbocycles. The quantitative estimate of drug-likeness (QED) is 0.835. The minimum absolute atomic E-state index is 0.00356. The molecule has 0 radical (unpaired) electrons. The van der Waals surface area contributed by atoms with Crippen molar-refractivity contribution in [3.8, 4) is 6.07 Å². The van der Waals surface area contributed by atoms with Crippen LogP contribution in [0.2, 0.25) is 0 Å². The Hall–Kier alpha value is -1.61. The highest BCUT2D eigenvalue weighted by atomic mass is 79.9. The maximum atomic E-state index is 13.3. The molecule has 0 atom stereocenters. The van der Waals surface area contributed by atoms with Crippen molar-refractivity contribution in [3.05, 3.63) is 28.0 Å². The lowest BCUT2D eigenvalue weighted by molar-refractivity contribution is -0.119. The summed E-state index contributed by atoms with van der Waals surface area (Å²) in [5.74, 6) is -0.704. The molecule has 0 bridgehead atoms. The Labute approximate surface area is 107 Å². The number of nitrogens with one attached hydrogen (secondary N) is 2. The Morgan fingerprint density at radius 2 is 2.29 bits per heavy atom. The molecular formula is C11H11BrFN3O. The van der Waals surface area contributed by atoms with Gasteiger partial charge < -0.3 is 10.6 Å². The second kappa shape index (κ2) is 6.21. The summed E-state index contributed by atoms with van der Waals surface area (Å²) in [5, 5.41) is 13.5. The Morgan fingerprint density at radius 1 is 1.59 bits per heavy atom. The number of amides is 1. The minimum atomic E-state index is -0.393. The van der Waals surface area contributed by atoms with E-state index in [1.54, 1.807) is 19.1 Å². The number of halogens is 2. The molecule has 0 fully saturated rings. The van der Waals surface area contributed by atoms with Gasteiger partial charge in [-0.15, -0.1) is 0 Å². The third-order valence-corrected chi connectivity index (χ3v) is 2.68. The van der Waals surface area contributed by atoms with E-state index >= 15 is 0 Å². The van der Waals surface area contributed by atoms with E-state index in [1.165, 1.54) is 6.07 Å². The Balaban J connectivity index is 2.61. The zero-order chi connectivity index (χ0) is 12.8. The molecule has 0 aliphatic heterocycles. The van der Waals surface area contributed by atoms with Crippen LogP contribution >= 0.6 is 15.9 Å². The number of aryl methyl sites for hydroxylation is 1. The van der Waals surface area contributed by atoms with Gasteiger partial charge >= 0.3 is 0 Å². The van der Waals surface area contributed by atoms with E-state index in [4.69, 9.17) is 5.26 Å². The van der Waals surface area contributed by atoms with Crippen molar-refractivity contribution < 1.29 is 9.18 Å². The first-order valence-corrected chi connectivity index (χ1v) is 5.67. The molecule has 4 nitrogen and oxygen atoms in total. The smallest absolute Gasteiger partial charge is 0.240 e. The fraction of sp³-hybridized carbons (Fsp3) is 0.273. The SMILES string of the molecule is Cc1cc(Br)c(F)cc1NCC(=O)NCC#N. The fourth-order valence-corrected chi connectivity index (χ4v) is 1.67. The highest BCUT2D eigenvalue weighted by molar-refractivity contribution is 9.10. The van der Waals surface area contributed by atoms with E-state index in [1.807, 2.05) is 0 Å². The van der Waals surface area contributed by atoms with Gasteiger partial charge in [0.05, 0.1) is 17.1 Å². The molecule has 1 aromatic carbocycles. The lowest BCUT2D eigenvalue weighted by atomic mass is 10.2. The summed E-state index contributed by atoms with van der Waals surface area (Å²) in [6.07, 6.45) is 0. The summed E-state index contributed by atoms with van der Waals surface area (Å²) < 4.78 is 13.6. The van der Waals surface area contributed by atoms with Crippen LogP contribution < -0.4 is 10.6 Å². The maximum Gasteiger partial charge on any atom is 0.240 e. The van der Waals surface area contributed by atoms with Gasteiger partial charge in [0.25, 0.3) is 0 Å². The fourth-order valence-electron chi connectivity index (χ4n) is 1.21. The van der Waals surface area contributed by atoms with Crippen LogP contribution in [0.1, 0.15) is 5.56 Å². The molecule has 0 saturated heterocycles. The molecule has 0 spiro atoms. The second-order valence-corrected chi connectivity index (χ2v) is 4.22. The predicted octanol–water partition coefficient (Wildman–Crippen LogP) is 1.95. The van der Waals surface area contributed by atoms with Gasteiger partial charge in [0.1, 0.15) is 12.4 Å². The van der Waals surface area contributed by atoms with Gasteiger partial charge in [0.2, 0.25) is 5.91 Å². The number of nitrogens with zero attached hydrogens (tertiary/aromatic N) is 1. The molecule has 0 aromatic heterocycles. The summed E-state index contributed by atoms with van der Waals surface area (Å²) >= 11 is 3.08. The predicted molar refractivity (Wildman–Crippen MR) is 65.9 cm³/mol. The molecule has 17 heavy (non-hydrogen) atoms. The van der Waals surface area contributed by atoms with Crippen LogP contribution in [0, 0.1) is 24.1 Å². The summed E-state index contributed by atoms with van der Waals surface area (Å²) in [4.78, 5) is 11.2. The molecule has 0 heterocycles. The topological polar surface area (TPSA) is 64.9 Å². The minimum Gasteiger partial charge on any atom is -0.376 e. The molecule has 1 amide bonds. The standard InChI is InChI=1S/C11H11BrFN3O/c1-7-4-8(12)9(13)5-10(7)16-6-11(17)15-3-2-14/h4-5,16H,3,6H2,1H3,(H,15,17). The van der Waals surface area contributed by atoms with Gasteiger partial charge in [0, 0.05) is 5.69 Å². The second-order valence-electron chi connectivity index (χ2n) is 3.37. The van der Waals surface area contributed by atoms with Crippen LogP contribution in [0.4, 0.5) is 10.1 Å². The largest absolute Gasteiger partial charge is 0.376 e. The molecule has 0 unspecified atom stereocenters. The lowest BCUT2D eigenvalue weighted by Gasteiger charge is -2.10. The number of hydrogen-bond acceptors (Lipinski definition) is 3. The van der Waals surface area contributed by atoms with Gasteiger partial charge in [-0.1, -0.05) is 0 Å². The molecule has 0 aliphatic carbocycles. The Morgan fingerprint density at radius 3 is 2.94 bits per heavy atom. The van der Waals surface area contributed by atoms with E-state index in [0.29, 0.717) is 10.2 Å². The number of carbonyl (C=O) groups excluding carboxylic acids is 1. The Bertz CT molecular complexity index is 471. The number of anilines is 1. The highest BCUT2D eigenvalue weighted by Crippen LogP contribution is 2.23. The third-order valence-electron chi connectivity index (χ3n) is 2.07. The zero-order valence-electron chi connectivity index (χ0n) is 9.18. The number of nitriles is 1. The molecule has 1 rings (SSSR count). The van der Waals surface area contributed by atoms with Crippen LogP contribution in [-0.2, 0) is 4.79 Å². The summed E-state index contributed by atoms with van der Waals surface area (Å²) in [6, 6.07) is 4.75. The first-order chi connectivity index (χ1) is 8.04. The first kappa shape index (κ1) is 13.5. The number of carbonyl (C=O) groups is 1. The molecular weight excluding hydrogens is 289 g/mol. The van der Waals surface area contributed by atoms with Crippen molar-refractivity contribution in [1.29, 1.82) is 5.26 Å². The van der Waals surface area contributed by atoms with E-state index in [0.717, 1.165) is 5.56 Å². The van der Waals surface area contributed by atoms with Crippen LogP contribution in [0.3, 0.4) is 0 Å². The van der Waals surface area contributed by atoms with Crippen molar-refractivity contribution in [2.24, 2.45) is 0 Å². The van der Waals surface area contributed by atoms with Gasteiger partial charge in [-0.05, 0) is 40.5 Å². The summed E-state index contributed by atoms with van der Waals surface area (Å²) in [6.45, 7) is 1.78. The highest BCUT2D eigenvalue weighted by Gasteiger charge is 2.06. The van der Waals surface area contributed by atoms with Crippen LogP contribution in [0.5, 0.6) is 0 Å². The van der Waals surface area contributed by atoms with Gasteiger partial charge in [-0.2, -0.15) is 5.26 Å². The van der Waals surface area contributed by atoms with Gasteiger partial charge in [0.15, 0.2) is 0 Å². The average Bonchev–Trinajstić information content (AvgIpc) is 2.29. The van der Waals surface area contributed by atoms with E-state index in [2.05, 4.69) is 26.6 Å². The van der Waals surface area contributed by atoms with Gasteiger partial charge in [-0.3, -0.25) is 4.79 Å². The normalized spacial score (nSPS) is 9.53. The molecule has 6 heteroatoms. The number of benzene rings is 1. The third kappa shape index (κ3) is 4.04. The van der Waals surface area contributed by atoms with E-state index in [-0.39, 0.29) is 19.0 Å². The molecule has 2 N–H and O–H groups in total. The Kier molecular flexibility index (Phi) is 4.91. The van der Waals surface area contributed by atoms with Gasteiger partial charge in [-0.25, -0.2) is 4.39 Å². The maximum absolute atomic E-state index is 13.3. The monoisotopic (exact) mass is 299 g/mol. The first-order valence-electron chi connectivity index (χ1n) is 4.87. The molecule has 0 aliphatic rings. The van der Waals surface area contributed by atoms with E-state index in [9.17, 15) is 9.18 Å². The molecule has 1 aromatic rings. The lowest BCUT2D eigenvalue weighted by Crippen LogP contribution is -2.30. The van der Waals surface area contributed by atoms with Crippen molar-refractivity contribution in [1.82, 2.24) is 5.32 Å². The van der Waals surface area contributed by atoms with E-state index < -0.39 is 5.82 Å². The average molecular weight is 300 g/mol. The molecule has 90 valence electrons. The van der Waals surface area contributed by atoms with Crippen molar-refractivity contribution in [2.75, 3.05) is 18.4 Å². The van der Waals surface area contributed by atoms with Crippen molar-refractivity contribution in [2.45, 2.75) is 6.92 Å². The van der Waals surface area contributed by atoms with Crippen molar-refractivity contribution >= 4 is 27.5 Å². The summed E-state index contributed by atoms with van der Waals surface area (Å²) in [7, 11) is 0. The number of rotatable bonds is 4. The summed E-state index contributed by atoms with van der Waals surface area (Å²) in [5.41, 5.74) is 1.38. The van der Waals surface area contributed by atoms with Crippen LogP contribution in [0.25, 0.3) is 0 Å². The van der Waals surface area contributed by atoms with Crippen LogP contribution in [0.15, 0.2) is 16.6 Å². The van der Waals surface area contributed by atoms with Crippen LogP contribution in [-0.4, -0.2) is 19.0 Å². The number of hydrogen-bond donors (Lipinski definition) is 2. The van der Waals surface area contributed by atoms with Crippen molar-refractivity contribution in [3.63, 3.8) is 0 Å². The zero-order valence-corrected chi connectivity index (χ0v) is 10.8.